The SMILES string of the molecule is Fc1ccc(OC2CC3CCC2C3)cn1. The molecular formula is C12H14FNO. The molecule has 3 heteroatoms. The van der Waals surface area contributed by atoms with Crippen LogP contribution in [0.4, 0.5) is 4.39 Å². The quantitative estimate of drug-likeness (QED) is 0.696. The molecular weight excluding hydrogens is 193 g/mol. The van der Waals surface area contributed by atoms with Crippen LogP contribution in [0, 0.1) is 17.8 Å². The Balaban J connectivity index is 1.68. The van der Waals surface area contributed by atoms with Crippen LogP contribution in [0.25, 0.3) is 0 Å². The monoisotopic (exact) mass is 207 g/mol. The zero-order valence-electron chi connectivity index (χ0n) is 8.53. The minimum absolute atomic E-state index is 0.344. The van der Waals surface area contributed by atoms with Crippen LogP contribution in [0.15, 0.2) is 18.3 Å². The van der Waals surface area contributed by atoms with Gasteiger partial charge in [-0.2, -0.15) is 4.39 Å². The number of hydrogen-bond donors (Lipinski definition) is 0. The summed E-state index contributed by atoms with van der Waals surface area (Å²) in [5, 5.41) is 0. The molecule has 3 atom stereocenters. The maximum atomic E-state index is 12.6. The Labute approximate surface area is 88.5 Å². The van der Waals surface area contributed by atoms with Crippen molar-refractivity contribution in [3.63, 3.8) is 0 Å². The molecule has 0 saturated heterocycles. The molecule has 2 bridgehead atoms. The van der Waals surface area contributed by atoms with Gasteiger partial charge in [0.05, 0.1) is 6.20 Å². The van der Waals surface area contributed by atoms with Crippen molar-refractivity contribution >= 4 is 0 Å². The second kappa shape index (κ2) is 3.47. The van der Waals surface area contributed by atoms with Crippen LogP contribution in [0.5, 0.6) is 5.75 Å². The summed E-state index contributed by atoms with van der Waals surface area (Å²) in [7, 11) is 0. The normalized spacial score (nSPS) is 33.3. The molecule has 1 heterocycles. The van der Waals surface area contributed by atoms with Crippen LogP contribution in [-0.4, -0.2) is 11.1 Å². The van der Waals surface area contributed by atoms with Crippen molar-refractivity contribution < 1.29 is 9.13 Å². The summed E-state index contributed by atoms with van der Waals surface area (Å²) < 4.78 is 18.4. The third-order valence-electron chi connectivity index (χ3n) is 3.66. The molecule has 0 aliphatic heterocycles. The van der Waals surface area contributed by atoms with Crippen LogP contribution in [0.3, 0.4) is 0 Å². The summed E-state index contributed by atoms with van der Waals surface area (Å²) in [6.45, 7) is 0. The van der Waals surface area contributed by atoms with Gasteiger partial charge in [-0.05, 0) is 49.7 Å². The van der Waals surface area contributed by atoms with Gasteiger partial charge in [0.1, 0.15) is 11.9 Å². The minimum Gasteiger partial charge on any atom is -0.489 e. The number of halogens is 1. The van der Waals surface area contributed by atoms with Gasteiger partial charge in [-0.3, -0.25) is 0 Å². The van der Waals surface area contributed by atoms with Crippen LogP contribution in [0.2, 0.25) is 0 Å². The highest BCUT2D eigenvalue weighted by atomic mass is 19.1. The molecule has 3 rings (SSSR count). The van der Waals surface area contributed by atoms with E-state index < -0.39 is 5.95 Å². The molecule has 2 aliphatic carbocycles. The average molecular weight is 207 g/mol. The number of fused-ring (bicyclic) bond motifs is 2. The van der Waals surface area contributed by atoms with E-state index >= 15 is 0 Å². The summed E-state index contributed by atoms with van der Waals surface area (Å²) in [4.78, 5) is 3.59. The van der Waals surface area contributed by atoms with Crippen molar-refractivity contribution in [2.24, 2.45) is 11.8 Å². The van der Waals surface area contributed by atoms with E-state index in [1.54, 1.807) is 6.07 Å². The Morgan fingerprint density at radius 1 is 1.27 bits per heavy atom. The van der Waals surface area contributed by atoms with Gasteiger partial charge in [0.15, 0.2) is 0 Å². The number of rotatable bonds is 2. The summed E-state index contributed by atoms with van der Waals surface area (Å²) in [6, 6.07) is 3.01. The molecule has 2 saturated carbocycles. The van der Waals surface area contributed by atoms with Crippen molar-refractivity contribution in [3.8, 4) is 5.75 Å². The lowest BCUT2D eigenvalue weighted by molar-refractivity contribution is 0.137. The van der Waals surface area contributed by atoms with Gasteiger partial charge in [-0.15, -0.1) is 0 Å². The van der Waals surface area contributed by atoms with E-state index in [0.717, 1.165) is 11.8 Å². The minimum atomic E-state index is -0.449. The first-order valence-electron chi connectivity index (χ1n) is 5.59. The van der Waals surface area contributed by atoms with E-state index in [4.69, 9.17) is 4.74 Å². The first-order valence-corrected chi connectivity index (χ1v) is 5.59. The summed E-state index contributed by atoms with van der Waals surface area (Å²) in [5.74, 6) is 1.85. The predicted octanol–water partition coefficient (Wildman–Crippen LogP) is 2.79. The number of pyridine rings is 1. The van der Waals surface area contributed by atoms with Gasteiger partial charge in [-0.25, -0.2) is 4.98 Å². The molecule has 3 unspecified atom stereocenters. The topological polar surface area (TPSA) is 22.1 Å². The van der Waals surface area contributed by atoms with E-state index in [9.17, 15) is 4.39 Å². The van der Waals surface area contributed by atoms with Crippen molar-refractivity contribution in [1.29, 1.82) is 0 Å². The van der Waals surface area contributed by atoms with Crippen molar-refractivity contribution in [3.05, 3.63) is 24.3 Å². The molecule has 15 heavy (non-hydrogen) atoms. The Morgan fingerprint density at radius 2 is 2.20 bits per heavy atom. The lowest BCUT2D eigenvalue weighted by Crippen LogP contribution is -2.23. The van der Waals surface area contributed by atoms with E-state index in [1.807, 2.05) is 0 Å². The number of hydrogen-bond acceptors (Lipinski definition) is 2. The molecule has 0 aromatic carbocycles. The first kappa shape index (κ1) is 9.13. The second-order valence-corrected chi connectivity index (χ2v) is 4.65. The van der Waals surface area contributed by atoms with Crippen molar-refractivity contribution in [2.75, 3.05) is 0 Å². The van der Waals surface area contributed by atoms with Crippen LogP contribution in [0.1, 0.15) is 25.7 Å². The van der Waals surface area contributed by atoms with E-state index in [1.165, 1.54) is 37.9 Å². The van der Waals surface area contributed by atoms with Gasteiger partial charge >= 0.3 is 0 Å². The third kappa shape index (κ3) is 1.71. The number of nitrogens with zero attached hydrogens (tertiary/aromatic N) is 1. The molecule has 2 fully saturated rings. The third-order valence-corrected chi connectivity index (χ3v) is 3.66. The highest BCUT2D eigenvalue weighted by Gasteiger charge is 2.40. The average Bonchev–Trinajstić information content (AvgIpc) is 2.83. The predicted molar refractivity (Wildman–Crippen MR) is 54.1 cm³/mol. The van der Waals surface area contributed by atoms with Gasteiger partial charge in [0.2, 0.25) is 5.95 Å². The molecule has 2 nitrogen and oxygen atoms in total. The molecule has 2 aliphatic rings. The standard InChI is InChI=1S/C12H14FNO/c13-12-4-3-10(7-14-12)15-11-6-8-1-2-9(11)5-8/h3-4,7-9,11H,1-2,5-6H2. The van der Waals surface area contributed by atoms with Crippen LogP contribution in [-0.2, 0) is 0 Å². The van der Waals surface area contributed by atoms with E-state index in [-0.39, 0.29) is 0 Å². The molecule has 0 amide bonds. The van der Waals surface area contributed by atoms with Crippen LogP contribution < -0.4 is 4.74 Å². The smallest absolute Gasteiger partial charge is 0.213 e. The van der Waals surface area contributed by atoms with Gasteiger partial charge < -0.3 is 4.74 Å². The fraction of sp³-hybridized carbons (Fsp3) is 0.583. The highest BCUT2D eigenvalue weighted by Crippen LogP contribution is 2.45. The zero-order valence-corrected chi connectivity index (χ0v) is 8.53. The highest BCUT2D eigenvalue weighted by molar-refractivity contribution is 5.17. The fourth-order valence-corrected chi connectivity index (χ4v) is 2.94. The summed E-state index contributed by atoms with van der Waals surface area (Å²) in [6.07, 6.45) is 6.97. The van der Waals surface area contributed by atoms with Crippen molar-refractivity contribution in [2.45, 2.75) is 31.8 Å². The first-order chi connectivity index (χ1) is 7.31. The maximum Gasteiger partial charge on any atom is 0.213 e. The lowest BCUT2D eigenvalue weighted by atomic mass is 9.98. The molecule has 80 valence electrons. The Bertz CT molecular complexity index is 351. The molecule has 0 N–H and O–H groups in total. The molecule has 0 spiro atoms. The lowest BCUT2D eigenvalue weighted by Gasteiger charge is -2.22. The fourth-order valence-electron chi connectivity index (χ4n) is 2.94. The van der Waals surface area contributed by atoms with Gasteiger partial charge in [0, 0.05) is 0 Å². The maximum absolute atomic E-state index is 12.6. The number of ether oxygens (including phenoxy) is 1. The van der Waals surface area contributed by atoms with Crippen LogP contribution >= 0.6 is 0 Å². The summed E-state index contributed by atoms with van der Waals surface area (Å²) in [5.41, 5.74) is 0. The number of aromatic nitrogens is 1. The Kier molecular flexibility index (Phi) is 2.11. The van der Waals surface area contributed by atoms with Crippen molar-refractivity contribution in [1.82, 2.24) is 4.98 Å². The molecule has 1 aromatic rings. The van der Waals surface area contributed by atoms with E-state index in [2.05, 4.69) is 4.98 Å². The largest absolute Gasteiger partial charge is 0.489 e. The summed E-state index contributed by atoms with van der Waals surface area (Å²) >= 11 is 0. The molecule has 0 radical (unpaired) electrons. The Hall–Kier alpha value is -1.12. The molecule has 1 aromatic heterocycles. The Morgan fingerprint density at radius 3 is 2.80 bits per heavy atom. The van der Waals surface area contributed by atoms with Gasteiger partial charge in [0.25, 0.3) is 0 Å². The zero-order chi connectivity index (χ0) is 10.3. The van der Waals surface area contributed by atoms with E-state index in [0.29, 0.717) is 11.9 Å². The second-order valence-electron chi connectivity index (χ2n) is 4.65. The van der Waals surface area contributed by atoms with Gasteiger partial charge in [-0.1, -0.05) is 0 Å².